The predicted octanol–water partition coefficient (Wildman–Crippen LogP) is 3.40. The van der Waals surface area contributed by atoms with Crippen molar-refractivity contribution >= 4 is 29.0 Å². The van der Waals surface area contributed by atoms with Gasteiger partial charge >= 0.3 is 6.03 Å². The van der Waals surface area contributed by atoms with Gasteiger partial charge in [-0.1, -0.05) is 24.3 Å². The van der Waals surface area contributed by atoms with Gasteiger partial charge in [-0.25, -0.2) is 4.79 Å². The van der Waals surface area contributed by atoms with Crippen molar-refractivity contribution in [1.29, 1.82) is 0 Å². The SMILES string of the molecule is NCCCCC(=O)Nc1cccc(NC(=O)Nc2ccccc2)c1. The minimum Gasteiger partial charge on any atom is -0.330 e. The lowest BCUT2D eigenvalue weighted by Crippen LogP contribution is -2.19. The number of carbonyl (C=O) groups is 2. The third-order valence-electron chi connectivity index (χ3n) is 3.29. The van der Waals surface area contributed by atoms with E-state index in [0.717, 1.165) is 12.8 Å². The van der Waals surface area contributed by atoms with E-state index in [1.54, 1.807) is 36.4 Å². The standard InChI is InChI=1S/C18H22N4O2/c19-12-5-4-11-17(23)20-15-9-6-10-16(13-15)22-18(24)21-14-7-2-1-3-8-14/h1-3,6-10,13H,4-5,11-12,19H2,(H,20,23)(H2,21,22,24). The van der Waals surface area contributed by atoms with Crippen LogP contribution in [0.1, 0.15) is 19.3 Å². The Morgan fingerprint density at radius 3 is 2.12 bits per heavy atom. The zero-order valence-corrected chi connectivity index (χ0v) is 13.4. The van der Waals surface area contributed by atoms with Crippen molar-refractivity contribution in [3.05, 3.63) is 54.6 Å². The third kappa shape index (κ3) is 6.10. The van der Waals surface area contributed by atoms with Gasteiger partial charge in [0, 0.05) is 23.5 Å². The summed E-state index contributed by atoms with van der Waals surface area (Å²) < 4.78 is 0. The molecule has 6 nitrogen and oxygen atoms in total. The summed E-state index contributed by atoms with van der Waals surface area (Å²) in [5.41, 5.74) is 7.36. The van der Waals surface area contributed by atoms with Gasteiger partial charge in [-0.3, -0.25) is 4.79 Å². The fraction of sp³-hybridized carbons (Fsp3) is 0.222. The maximum Gasteiger partial charge on any atom is 0.323 e. The highest BCUT2D eigenvalue weighted by Crippen LogP contribution is 2.16. The minimum absolute atomic E-state index is 0.0608. The number of benzene rings is 2. The monoisotopic (exact) mass is 326 g/mol. The van der Waals surface area contributed by atoms with Gasteiger partial charge in [0.1, 0.15) is 0 Å². The van der Waals surface area contributed by atoms with Crippen LogP contribution in [0.15, 0.2) is 54.6 Å². The van der Waals surface area contributed by atoms with Gasteiger partial charge in [0.05, 0.1) is 0 Å². The van der Waals surface area contributed by atoms with Gasteiger partial charge in [0.25, 0.3) is 0 Å². The van der Waals surface area contributed by atoms with E-state index in [4.69, 9.17) is 5.73 Å². The van der Waals surface area contributed by atoms with Gasteiger partial charge in [-0.05, 0) is 49.7 Å². The highest BCUT2D eigenvalue weighted by molar-refractivity contribution is 6.00. The minimum atomic E-state index is -0.340. The number of hydrogen-bond acceptors (Lipinski definition) is 3. The molecule has 0 unspecified atom stereocenters. The molecule has 2 aromatic carbocycles. The number of anilines is 3. The van der Waals surface area contributed by atoms with Crippen molar-refractivity contribution in [1.82, 2.24) is 0 Å². The van der Waals surface area contributed by atoms with E-state index in [2.05, 4.69) is 16.0 Å². The van der Waals surface area contributed by atoms with Gasteiger partial charge in [0.15, 0.2) is 0 Å². The van der Waals surface area contributed by atoms with Crippen LogP contribution in [-0.4, -0.2) is 18.5 Å². The lowest BCUT2D eigenvalue weighted by atomic mass is 10.2. The Morgan fingerprint density at radius 2 is 1.42 bits per heavy atom. The molecule has 0 atom stereocenters. The van der Waals surface area contributed by atoms with Crippen molar-refractivity contribution in [3.63, 3.8) is 0 Å². The first-order valence-electron chi connectivity index (χ1n) is 7.90. The quantitative estimate of drug-likeness (QED) is 0.587. The van der Waals surface area contributed by atoms with Crippen LogP contribution in [0.3, 0.4) is 0 Å². The number of urea groups is 1. The molecular weight excluding hydrogens is 304 g/mol. The second-order valence-electron chi connectivity index (χ2n) is 5.32. The average Bonchev–Trinajstić information content (AvgIpc) is 2.56. The summed E-state index contributed by atoms with van der Waals surface area (Å²) in [6, 6.07) is 15.9. The molecule has 0 fully saturated rings. The third-order valence-corrected chi connectivity index (χ3v) is 3.29. The van der Waals surface area contributed by atoms with Crippen molar-refractivity contribution in [2.24, 2.45) is 5.73 Å². The molecular formula is C18H22N4O2. The molecule has 0 bridgehead atoms. The van der Waals surface area contributed by atoms with Gasteiger partial charge < -0.3 is 21.7 Å². The molecule has 0 heterocycles. The predicted molar refractivity (Wildman–Crippen MR) is 97.1 cm³/mol. The first-order valence-corrected chi connectivity index (χ1v) is 7.90. The highest BCUT2D eigenvalue weighted by Gasteiger charge is 2.05. The molecule has 6 heteroatoms. The van der Waals surface area contributed by atoms with Crippen LogP contribution in [0.2, 0.25) is 0 Å². The van der Waals surface area contributed by atoms with Crippen LogP contribution in [0.4, 0.5) is 21.9 Å². The van der Waals surface area contributed by atoms with Crippen LogP contribution < -0.4 is 21.7 Å². The van der Waals surface area contributed by atoms with Crippen molar-refractivity contribution in [2.75, 3.05) is 22.5 Å². The van der Waals surface area contributed by atoms with Crippen molar-refractivity contribution < 1.29 is 9.59 Å². The molecule has 5 N–H and O–H groups in total. The zero-order valence-electron chi connectivity index (χ0n) is 13.4. The maximum absolute atomic E-state index is 12.0. The van der Waals surface area contributed by atoms with E-state index < -0.39 is 0 Å². The number of carbonyl (C=O) groups excluding carboxylic acids is 2. The molecule has 0 aliphatic rings. The summed E-state index contributed by atoms with van der Waals surface area (Å²) in [4.78, 5) is 23.8. The zero-order chi connectivity index (χ0) is 17.2. The summed E-state index contributed by atoms with van der Waals surface area (Å²) in [7, 11) is 0. The Labute approximate surface area is 141 Å². The number of rotatable bonds is 7. The topological polar surface area (TPSA) is 96.2 Å². The van der Waals surface area contributed by atoms with Crippen LogP contribution in [0, 0.1) is 0 Å². The lowest BCUT2D eigenvalue weighted by molar-refractivity contribution is -0.116. The van der Waals surface area contributed by atoms with Crippen LogP contribution in [0.5, 0.6) is 0 Å². The number of amides is 3. The van der Waals surface area contributed by atoms with Crippen LogP contribution >= 0.6 is 0 Å². The van der Waals surface area contributed by atoms with Gasteiger partial charge in [0.2, 0.25) is 5.91 Å². The molecule has 3 amide bonds. The smallest absolute Gasteiger partial charge is 0.323 e. The Balaban J connectivity index is 1.87. The number of nitrogens with one attached hydrogen (secondary N) is 3. The maximum atomic E-state index is 12.0. The van der Waals surface area contributed by atoms with E-state index in [-0.39, 0.29) is 11.9 Å². The molecule has 0 saturated heterocycles. The lowest BCUT2D eigenvalue weighted by Gasteiger charge is -2.10. The second kappa shape index (κ2) is 9.32. The molecule has 2 rings (SSSR count). The van der Waals surface area contributed by atoms with Crippen molar-refractivity contribution in [2.45, 2.75) is 19.3 Å². The van der Waals surface area contributed by atoms with E-state index in [1.807, 2.05) is 18.2 Å². The summed E-state index contributed by atoms with van der Waals surface area (Å²) in [6.45, 7) is 0.587. The largest absolute Gasteiger partial charge is 0.330 e. The summed E-state index contributed by atoms with van der Waals surface area (Å²) in [5.74, 6) is -0.0608. The number of unbranched alkanes of at least 4 members (excludes halogenated alkanes) is 1. The molecule has 0 aliphatic heterocycles. The molecule has 126 valence electrons. The van der Waals surface area contributed by atoms with Crippen molar-refractivity contribution in [3.8, 4) is 0 Å². The Kier molecular flexibility index (Phi) is 6.79. The van der Waals surface area contributed by atoms with Crippen LogP contribution in [0.25, 0.3) is 0 Å². The normalized spacial score (nSPS) is 10.0. The molecule has 24 heavy (non-hydrogen) atoms. The molecule has 0 radical (unpaired) electrons. The molecule has 0 spiro atoms. The Morgan fingerprint density at radius 1 is 0.792 bits per heavy atom. The highest BCUT2D eigenvalue weighted by atomic mass is 16.2. The summed E-state index contributed by atoms with van der Waals surface area (Å²) in [6.07, 6.45) is 2.03. The first kappa shape index (κ1) is 17.5. The number of para-hydroxylation sites is 1. The second-order valence-corrected chi connectivity index (χ2v) is 5.32. The van der Waals surface area contributed by atoms with E-state index in [0.29, 0.717) is 30.0 Å². The number of hydrogen-bond donors (Lipinski definition) is 4. The Hall–Kier alpha value is -2.86. The molecule has 2 aromatic rings. The van der Waals surface area contributed by atoms with E-state index >= 15 is 0 Å². The first-order chi connectivity index (χ1) is 11.7. The van der Waals surface area contributed by atoms with E-state index in [1.165, 1.54) is 0 Å². The van der Waals surface area contributed by atoms with E-state index in [9.17, 15) is 9.59 Å². The fourth-order valence-electron chi connectivity index (χ4n) is 2.14. The number of nitrogens with two attached hydrogens (primary N) is 1. The van der Waals surface area contributed by atoms with Gasteiger partial charge in [-0.15, -0.1) is 0 Å². The molecule has 0 saturated carbocycles. The summed E-state index contributed by atoms with van der Waals surface area (Å²) >= 11 is 0. The average molecular weight is 326 g/mol. The summed E-state index contributed by atoms with van der Waals surface area (Å²) in [5, 5.41) is 8.29. The van der Waals surface area contributed by atoms with Crippen LogP contribution in [-0.2, 0) is 4.79 Å². The Bertz CT molecular complexity index is 674. The fourth-order valence-corrected chi connectivity index (χ4v) is 2.14. The molecule has 0 aliphatic carbocycles. The van der Waals surface area contributed by atoms with Gasteiger partial charge in [-0.2, -0.15) is 0 Å². The molecule has 0 aromatic heterocycles.